The predicted molar refractivity (Wildman–Crippen MR) is 93.1 cm³/mol. The normalized spacial score (nSPS) is 27.2. The number of likely N-dealkylation sites (tertiary alicyclic amines) is 1. The Morgan fingerprint density at radius 3 is 2.65 bits per heavy atom. The smallest absolute Gasteiger partial charge is 0.255 e. The Balaban J connectivity index is 1.33. The van der Waals surface area contributed by atoms with Crippen LogP contribution in [0.15, 0.2) is 18.2 Å². The first-order chi connectivity index (χ1) is 12.5. The number of carbonyl (C=O) groups excluding carboxylic acids is 3. The third kappa shape index (κ3) is 2.38. The summed E-state index contributed by atoms with van der Waals surface area (Å²) in [4.78, 5) is 40.5. The lowest BCUT2D eigenvalue weighted by molar-refractivity contribution is -0.136. The summed E-state index contributed by atoms with van der Waals surface area (Å²) in [6.07, 6.45) is 0.689. The lowest BCUT2D eigenvalue weighted by atomic mass is 9.74. The van der Waals surface area contributed by atoms with Gasteiger partial charge in [-0.05, 0) is 23.6 Å². The van der Waals surface area contributed by atoms with Crippen molar-refractivity contribution in [3.63, 3.8) is 0 Å². The number of nitrogens with zero attached hydrogens (tertiary/aromatic N) is 2. The van der Waals surface area contributed by atoms with Crippen molar-refractivity contribution in [2.75, 3.05) is 26.2 Å². The van der Waals surface area contributed by atoms with E-state index in [1.165, 1.54) is 5.56 Å². The van der Waals surface area contributed by atoms with Crippen LogP contribution < -0.4 is 10.6 Å². The molecule has 0 aromatic heterocycles. The zero-order valence-electron chi connectivity index (χ0n) is 14.6. The number of amides is 3. The molecule has 3 fully saturated rings. The van der Waals surface area contributed by atoms with Crippen LogP contribution in [0, 0.1) is 5.41 Å². The number of rotatable bonds is 3. The minimum absolute atomic E-state index is 0.0976. The maximum Gasteiger partial charge on any atom is 0.255 e. The molecule has 0 saturated carbocycles. The minimum atomic E-state index is -0.547. The molecule has 0 radical (unpaired) electrons. The molecule has 1 aromatic carbocycles. The molecule has 3 amide bonds. The van der Waals surface area contributed by atoms with Crippen LogP contribution in [0.5, 0.6) is 0 Å². The highest BCUT2D eigenvalue weighted by Gasteiger charge is 2.47. The Labute approximate surface area is 151 Å². The monoisotopic (exact) mass is 354 g/mol. The van der Waals surface area contributed by atoms with E-state index in [4.69, 9.17) is 0 Å². The largest absolute Gasteiger partial charge is 0.322 e. The summed E-state index contributed by atoms with van der Waals surface area (Å²) in [6, 6.07) is 5.32. The maximum absolute atomic E-state index is 12.8. The third-order valence-corrected chi connectivity index (χ3v) is 6.19. The van der Waals surface area contributed by atoms with Crippen LogP contribution in [0.2, 0.25) is 0 Å². The van der Waals surface area contributed by atoms with E-state index in [0.29, 0.717) is 23.9 Å². The summed E-state index contributed by atoms with van der Waals surface area (Å²) < 4.78 is 0. The molecule has 26 heavy (non-hydrogen) atoms. The molecular formula is C19H22N4O3. The van der Waals surface area contributed by atoms with E-state index in [-0.39, 0.29) is 24.1 Å². The van der Waals surface area contributed by atoms with Gasteiger partial charge in [0, 0.05) is 56.7 Å². The van der Waals surface area contributed by atoms with Crippen LogP contribution in [0.25, 0.3) is 0 Å². The van der Waals surface area contributed by atoms with Crippen molar-refractivity contribution in [1.29, 1.82) is 0 Å². The summed E-state index contributed by atoms with van der Waals surface area (Å²) in [5, 5.41) is 5.70. The molecular weight excluding hydrogens is 332 g/mol. The van der Waals surface area contributed by atoms with Crippen molar-refractivity contribution in [2.45, 2.75) is 32.0 Å². The third-order valence-electron chi connectivity index (χ3n) is 6.19. The molecule has 2 N–H and O–H groups in total. The minimum Gasteiger partial charge on any atom is -0.322 e. The van der Waals surface area contributed by atoms with Crippen molar-refractivity contribution in [3.8, 4) is 0 Å². The lowest BCUT2D eigenvalue weighted by Gasteiger charge is -2.56. The zero-order valence-corrected chi connectivity index (χ0v) is 14.6. The zero-order chi connectivity index (χ0) is 17.9. The van der Waals surface area contributed by atoms with Gasteiger partial charge in [0.25, 0.3) is 5.91 Å². The van der Waals surface area contributed by atoms with Gasteiger partial charge in [0.2, 0.25) is 11.8 Å². The van der Waals surface area contributed by atoms with Crippen LogP contribution in [0.1, 0.15) is 34.3 Å². The summed E-state index contributed by atoms with van der Waals surface area (Å²) in [7, 11) is 0. The van der Waals surface area contributed by atoms with Crippen molar-refractivity contribution >= 4 is 17.7 Å². The molecule has 0 aliphatic carbocycles. The van der Waals surface area contributed by atoms with E-state index in [9.17, 15) is 14.4 Å². The maximum atomic E-state index is 12.8. The van der Waals surface area contributed by atoms with Gasteiger partial charge in [0.15, 0.2) is 0 Å². The number of piperidine rings is 1. The van der Waals surface area contributed by atoms with Crippen molar-refractivity contribution in [2.24, 2.45) is 5.41 Å². The number of hydrogen-bond donors (Lipinski definition) is 2. The number of carbonyl (C=O) groups is 3. The van der Waals surface area contributed by atoms with Crippen molar-refractivity contribution in [3.05, 3.63) is 34.9 Å². The van der Waals surface area contributed by atoms with Gasteiger partial charge >= 0.3 is 0 Å². The number of fused-ring (bicyclic) bond motifs is 1. The highest BCUT2D eigenvalue weighted by molar-refractivity contribution is 6.05. The summed E-state index contributed by atoms with van der Waals surface area (Å²) in [5.41, 5.74) is 3.39. The highest BCUT2D eigenvalue weighted by Crippen LogP contribution is 2.36. The van der Waals surface area contributed by atoms with Crippen LogP contribution in [-0.2, 0) is 22.7 Å². The predicted octanol–water partition coefficient (Wildman–Crippen LogP) is -0.147. The molecule has 1 aromatic rings. The molecule has 4 heterocycles. The van der Waals surface area contributed by atoms with Gasteiger partial charge in [-0.15, -0.1) is 0 Å². The van der Waals surface area contributed by atoms with E-state index < -0.39 is 6.04 Å². The fraction of sp³-hybridized carbons (Fsp3) is 0.526. The second-order valence-corrected chi connectivity index (χ2v) is 8.09. The summed E-state index contributed by atoms with van der Waals surface area (Å²) in [5.74, 6) is -0.709. The highest BCUT2D eigenvalue weighted by atomic mass is 16.2. The topological polar surface area (TPSA) is 81.8 Å². The average molecular weight is 354 g/mol. The van der Waals surface area contributed by atoms with Gasteiger partial charge in [-0.25, -0.2) is 0 Å². The van der Waals surface area contributed by atoms with Crippen LogP contribution in [0.3, 0.4) is 0 Å². The fourth-order valence-corrected chi connectivity index (χ4v) is 4.76. The van der Waals surface area contributed by atoms with Crippen LogP contribution in [0.4, 0.5) is 0 Å². The molecule has 0 bridgehead atoms. The molecule has 1 spiro atoms. The molecule has 1 atom stereocenters. The number of nitrogens with one attached hydrogen (secondary N) is 2. The molecule has 7 nitrogen and oxygen atoms in total. The first-order valence-electron chi connectivity index (χ1n) is 9.23. The van der Waals surface area contributed by atoms with E-state index >= 15 is 0 Å². The summed E-state index contributed by atoms with van der Waals surface area (Å²) >= 11 is 0. The van der Waals surface area contributed by atoms with Gasteiger partial charge in [-0.3, -0.25) is 24.6 Å². The number of benzene rings is 1. The Morgan fingerprint density at radius 1 is 1.15 bits per heavy atom. The van der Waals surface area contributed by atoms with Gasteiger partial charge in [0.1, 0.15) is 6.04 Å². The Morgan fingerprint density at radius 2 is 1.96 bits per heavy atom. The Bertz CT molecular complexity index is 809. The Kier molecular flexibility index (Phi) is 3.45. The van der Waals surface area contributed by atoms with Crippen molar-refractivity contribution in [1.82, 2.24) is 20.4 Å². The average Bonchev–Trinajstić information content (AvgIpc) is 2.87. The number of imide groups is 1. The fourth-order valence-electron chi connectivity index (χ4n) is 4.76. The second-order valence-electron chi connectivity index (χ2n) is 8.09. The van der Waals surface area contributed by atoms with Crippen molar-refractivity contribution < 1.29 is 14.4 Å². The molecule has 7 heteroatoms. The standard InChI is InChI=1S/C19H22N4O3/c24-16-5-4-15(17(25)21-16)23-7-14-12(2-1-3-13(14)18(23)26)6-22-10-19(11-22)8-20-9-19/h1-3,15,20H,4-11H2,(H,21,24,25). The number of hydrogen-bond acceptors (Lipinski definition) is 5. The van der Waals surface area contributed by atoms with E-state index in [0.717, 1.165) is 38.3 Å². The lowest BCUT2D eigenvalue weighted by Crippen LogP contribution is -2.70. The molecule has 4 aliphatic rings. The molecule has 136 valence electrons. The molecule has 3 saturated heterocycles. The molecule has 4 aliphatic heterocycles. The van der Waals surface area contributed by atoms with Gasteiger partial charge in [-0.1, -0.05) is 12.1 Å². The first-order valence-corrected chi connectivity index (χ1v) is 9.23. The molecule has 5 rings (SSSR count). The summed E-state index contributed by atoms with van der Waals surface area (Å²) in [6.45, 7) is 5.73. The van der Waals surface area contributed by atoms with Gasteiger partial charge in [-0.2, -0.15) is 0 Å². The van der Waals surface area contributed by atoms with Gasteiger partial charge in [0.05, 0.1) is 0 Å². The second kappa shape index (κ2) is 5.62. The Hall–Kier alpha value is -2.25. The first kappa shape index (κ1) is 16.0. The van der Waals surface area contributed by atoms with E-state index in [2.05, 4.69) is 21.6 Å². The van der Waals surface area contributed by atoms with Crippen LogP contribution in [-0.4, -0.2) is 59.7 Å². The quantitative estimate of drug-likeness (QED) is 0.738. The van der Waals surface area contributed by atoms with E-state index in [1.807, 2.05) is 12.1 Å². The van der Waals surface area contributed by atoms with Crippen LogP contribution >= 0.6 is 0 Å². The van der Waals surface area contributed by atoms with E-state index in [1.54, 1.807) is 4.90 Å². The SMILES string of the molecule is O=C1CCC(N2Cc3c(CN4CC5(CNC5)C4)cccc3C2=O)C(=O)N1. The van der Waals surface area contributed by atoms with Gasteiger partial charge < -0.3 is 10.2 Å². The molecule has 1 unspecified atom stereocenters.